The Bertz CT molecular complexity index is 595. The quantitative estimate of drug-likeness (QED) is 0.822. The van der Waals surface area contributed by atoms with E-state index in [1.165, 1.54) is 0 Å². The summed E-state index contributed by atoms with van der Waals surface area (Å²) in [5.74, 6) is 0.675. The molecule has 1 unspecified atom stereocenters. The standard InChI is InChI=1S/C15H17ClN2O2/c1-11(20-14-5-3-4-13(16)8-14)15(19)7-6-12-9-17-18(2)10-12/h3-5,8-11H,6-7H2,1-2H3. The molecule has 2 aromatic rings. The first-order chi connectivity index (χ1) is 9.54. The number of nitrogens with zero attached hydrogens (tertiary/aromatic N) is 2. The number of rotatable bonds is 6. The summed E-state index contributed by atoms with van der Waals surface area (Å²) >= 11 is 5.88. The number of halogens is 1. The number of aryl methyl sites for hydroxylation is 2. The molecule has 0 aliphatic carbocycles. The largest absolute Gasteiger partial charge is 0.483 e. The van der Waals surface area contributed by atoms with Gasteiger partial charge in [0.15, 0.2) is 11.9 Å². The van der Waals surface area contributed by atoms with Crippen molar-refractivity contribution in [3.8, 4) is 5.75 Å². The molecular formula is C15H17ClN2O2. The molecule has 1 atom stereocenters. The molecule has 1 aromatic heterocycles. The Labute approximate surface area is 123 Å². The Morgan fingerprint density at radius 1 is 1.50 bits per heavy atom. The lowest BCUT2D eigenvalue weighted by Gasteiger charge is -2.13. The normalized spacial score (nSPS) is 12.2. The van der Waals surface area contributed by atoms with Crippen LogP contribution in [0.4, 0.5) is 0 Å². The molecule has 1 aromatic carbocycles. The molecule has 0 aliphatic rings. The predicted molar refractivity (Wildman–Crippen MR) is 78.1 cm³/mol. The van der Waals surface area contributed by atoms with Crippen LogP contribution in [-0.2, 0) is 18.3 Å². The molecule has 5 heteroatoms. The highest BCUT2D eigenvalue weighted by atomic mass is 35.5. The fraction of sp³-hybridized carbons (Fsp3) is 0.333. The third-order valence-corrected chi connectivity index (χ3v) is 3.22. The summed E-state index contributed by atoms with van der Waals surface area (Å²) in [6.45, 7) is 1.76. The van der Waals surface area contributed by atoms with Gasteiger partial charge < -0.3 is 4.74 Å². The third-order valence-electron chi connectivity index (χ3n) is 2.98. The zero-order chi connectivity index (χ0) is 14.5. The molecule has 0 amide bonds. The van der Waals surface area contributed by atoms with Gasteiger partial charge in [0.2, 0.25) is 0 Å². The molecule has 0 spiro atoms. The number of carbonyl (C=O) groups is 1. The molecule has 0 fully saturated rings. The lowest BCUT2D eigenvalue weighted by molar-refractivity contribution is -0.125. The van der Waals surface area contributed by atoms with E-state index < -0.39 is 6.10 Å². The van der Waals surface area contributed by atoms with Gasteiger partial charge in [0, 0.05) is 24.7 Å². The van der Waals surface area contributed by atoms with Crippen LogP contribution in [0.2, 0.25) is 5.02 Å². The number of hydrogen-bond acceptors (Lipinski definition) is 3. The van der Waals surface area contributed by atoms with E-state index in [0.717, 1.165) is 5.56 Å². The van der Waals surface area contributed by atoms with Gasteiger partial charge in [-0.3, -0.25) is 9.48 Å². The van der Waals surface area contributed by atoms with E-state index in [0.29, 0.717) is 23.6 Å². The van der Waals surface area contributed by atoms with Crippen molar-refractivity contribution in [1.29, 1.82) is 0 Å². The maximum atomic E-state index is 12.0. The second-order valence-electron chi connectivity index (χ2n) is 4.71. The Morgan fingerprint density at radius 3 is 2.95 bits per heavy atom. The van der Waals surface area contributed by atoms with Crippen molar-refractivity contribution in [3.63, 3.8) is 0 Å². The van der Waals surface area contributed by atoms with Gasteiger partial charge in [-0.25, -0.2) is 0 Å². The summed E-state index contributed by atoms with van der Waals surface area (Å²) in [5.41, 5.74) is 1.05. The van der Waals surface area contributed by atoms with Crippen LogP contribution in [-0.4, -0.2) is 21.7 Å². The summed E-state index contributed by atoms with van der Waals surface area (Å²) in [7, 11) is 1.86. The molecular weight excluding hydrogens is 276 g/mol. The maximum absolute atomic E-state index is 12.0. The minimum atomic E-state index is -0.481. The van der Waals surface area contributed by atoms with Gasteiger partial charge in [0.25, 0.3) is 0 Å². The van der Waals surface area contributed by atoms with E-state index >= 15 is 0 Å². The smallest absolute Gasteiger partial charge is 0.173 e. The van der Waals surface area contributed by atoms with Gasteiger partial charge >= 0.3 is 0 Å². The molecule has 0 aliphatic heterocycles. The number of hydrogen-bond donors (Lipinski definition) is 0. The van der Waals surface area contributed by atoms with Gasteiger partial charge in [-0.1, -0.05) is 17.7 Å². The number of ether oxygens (including phenoxy) is 1. The first-order valence-electron chi connectivity index (χ1n) is 6.47. The van der Waals surface area contributed by atoms with Crippen LogP contribution in [0.15, 0.2) is 36.7 Å². The van der Waals surface area contributed by atoms with Gasteiger partial charge in [0.05, 0.1) is 6.20 Å². The summed E-state index contributed by atoms with van der Waals surface area (Å²) in [5, 5.41) is 4.67. The zero-order valence-electron chi connectivity index (χ0n) is 11.5. The molecule has 4 nitrogen and oxygen atoms in total. The van der Waals surface area contributed by atoms with E-state index in [-0.39, 0.29) is 5.78 Å². The topological polar surface area (TPSA) is 44.1 Å². The SMILES string of the molecule is CC(Oc1cccc(Cl)c1)C(=O)CCc1cnn(C)c1. The molecule has 0 saturated heterocycles. The first kappa shape index (κ1) is 14.6. The molecule has 0 bridgehead atoms. The summed E-state index contributed by atoms with van der Waals surface area (Å²) < 4.78 is 7.32. The van der Waals surface area contributed by atoms with Gasteiger partial charge in [0.1, 0.15) is 5.75 Å². The predicted octanol–water partition coefficient (Wildman–Crippen LogP) is 3.04. The van der Waals surface area contributed by atoms with Crippen LogP contribution >= 0.6 is 11.6 Å². The summed E-state index contributed by atoms with van der Waals surface area (Å²) in [4.78, 5) is 12.0. The molecule has 2 rings (SSSR count). The molecule has 106 valence electrons. The number of benzene rings is 1. The lowest BCUT2D eigenvalue weighted by Crippen LogP contribution is -2.24. The fourth-order valence-corrected chi connectivity index (χ4v) is 2.06. The minimum Gasteiger partial charge on any atom is -0.483 e. The second kappa shape index (κ2) is 6.57. The van der Waals surface area contributed by atoms with Crippen molar-refractivity contribution in [3.05, 3.63) is 47.2 Å². The van der Waals surface area contributed by atoms with Crippen LogP contribution in [0.25, 0.3) is 0 Å². The van der Waals surface area contributed by atoms with E-state index in [1.807, 2.05) is 13.2 Å². The summed E-state index contributed by atoms with van der Waals surface area (Å²) in [6.07, 6.45) is 4.32. The molecule has 0 N–H and O–H groups in total. The fourth-order valence-electron chi connectivity index (χ4n) is 1.88. The average molecular weight is 293 g/mol. The maximum Gasteiger partial charge on any atom is 0.173 e. The van der Waals surface area contributed by atoms with Crippen molar-refractivity contribution in [1.82, 2.24) is 9.78 Å². The van der Waals surface area contributed by atoms with Gasteiger partial charge in [-0.15, -0.1) is 0 Å². The van der Waals surface area contributed by atoms with Crippen molar-refractivity contribution in [2.24, 2.45) is 7.05 Å². The zero-order valence-corrected chi connectivity index (χ0v) is 12.3. The van der Waals surface area contributed by atoms with Crippen molar-refractivity contribution in [2.75, 3.05) is 0 Å². The molecule has 0 radical (unpaired) electrons. The monoisotopic (exact) mass is 292 g/mol. The minimum absolute atomic E-state index is 0.0637. The van der Waals surface area contributed by atoms with Crippen LogP contribution in [0.3, 0.4) is 0 Å². The Hall–Kier alpha value is -1.81. The number of carbonyl (C=O) groups excluding carboxylic acids is 1. The molecule has 20 heavy (non-hydrogen) atoms. The highest BCUT2D eigenvalue weighted by Gasteiger charge is 2.15. The van der Waals surface area contributed by atoms with E-state index in [9.17, 15) is 4.79 Å². The van der Waals surface area contributed by atoms with Crippen LogP contribution < -0.4 is 4.74 Å². The highest BCUT2D eigenvalue weighted by molar-refractivity contribution is 6.30. The number of Topliss-reactive ketones (excluding diaryl/α,β-unsaturated/α-hetero) is 1. The lowest BCUT2D eigenvalue weighted by atomic mass is 10.1. The Balaban J connectivity index is 1.85. The number of ketones is 1. The third kappa shape index (κ3) is 4.10. The van der Waals surface area contributed by atoms with Crippen LogP contribution in [0.5, 0.6) is 5.75 Å². The Kier molecular flexibility index (Phi) is 4.79. The Morgan fingerprint density at radius 2 is 2.30 bits per heavy atom. The number of aromatic nitrogens is 2. The van der Waals surface area contributed by atoms with E-state index in [4.69, 9.17) is 16.3 Å². The first-order valence-corrected chi connectivity index (χ1v) is 6.85. The van der Waals surface area contributed by atoms with Crippen LogP contribution in [0, 0.1) is 0 Å². The van der Waals surface area contributed by atoms with Crippen molar-refractivity contribution < 1.29 is 9.53 Å². The van der Waals surface area contributed by atoms with Crippen molar-refractivity contribution >= 4 is 17.4 Å². The summed E-state index contributed by atoms with van der Waals surface area (Å²) in [6, 6.07) is 7.05. The van der Waals surface area contributed by atoms with Gasteiger partial charge in [-0.2, -0.15) is 5.10 Å². The molecule has 1 heterocycles. The van der Waals surface area contributed by atoms with E-state index in [2.05, 4.69) is 5.10 Å². The molecule has 0 saturated carbocycles. The average Bonchev–Trinajstić information content (AvgIpc) is 2.81. The highest BCUT2D eigenvalue weighted by Crippen LogP contribution is 2.19. The van der Waals surface area contributed by atoms with Crippen molar-refractivity contribution in [2.45, 2.75) is 25.9 Å². The van der Waals surface area contributed by atoms with Crippen LogP contribution in [0.1, 0.15) is 18.9 Å². The van der Waals surface area contributed by atoms with Gasteiger partial charge in [-0.05, 0) is 37.1 Å². The second-order valence-corrected chi connectivity index (χ2v) is 5.14. The van der Waals surface area contributed by atoms with E-state index in [1.54, 1.807) is 42.1 Å².